The first-order chi connectivity index (χ1) is 9.67. The molecule has 0 bridgehead atoms. The van der Waals surface area contributed by atoms with Crippen molar-refractivity contribution < 1.29 is 14.2 Å². The van der Waals surface area contributed by atoms with Crippen LogP contribution in [0.2, 0.25) is 0 Å². The minimum atomic E-state index is -0.103. The Morgan fingerprint density at radius 3 is 2.65 bits per heavy atom. The van der Waals surface area contributed by atoms with E-state index in [-0.39, 0.29) is 6.10 Å². The molecule has 0 aliphatic rings. The second kappa shape index (κ2) is 9.03. The summed E-state index contributed by atoms with van der Waals surface area (Å²) in [7, 11) is 3.25. The molecule has 0 heterocycles. The van der Waals surface area contributed by atoms with Crippen LogP contribution in [-0.2, 0) is 4.74 Å². The molecule has 0 amide bonds. The van der Waals surface area contributed by atoms with Gasteiger partial charge in [-0.3, -0.25) is 0 Å². The van der Waals surface area contributed by atoms with Gasteiger partial charge in [0.05, 0.1) is 20.3 Å². The molecule has 20 heavy (non-hydrogen) atoms. The van der Waals surface area contributed by atoms with Gasteiger partial charge in [-0.05, 0) is 19.1 Å². The molecule has 1 atom stereocenters. The standard InChI is InChI=1S/C14H23N3O3/c1-11(10-17-14(15)16-8-9-18-2)20-13-7-5-4-6-12(13)19-3/h4-7,11H,8-10H2,1-3H3,(H3,15,16,17). The molecule has 112 valence electrons. The average Bonchev–Trinajstić information content (AvgIpc) is 2.46. The zero-order chi connectivity index (χ0) is 14.8. The quantitative estimate of drug-likeness (QED) is 0.422. The van der Waals surface area contributed by atoms with Gasteiger partial charge in [0.1, 0.15) is 6.10 Å². The Morgan fingerprint density at radius 2 is 2.00 bits per heavy atom. The van der Waals surface area contributed by atoms with E-state index in [1.54, 1.807) is 14.2 Å². The molecule has 6 nitrogen and oxygen atoms in total. The number of nitrogens with zero attached hydrogens (tertiary/aromatic N) is 1. The van der Waals surface area contributed by atoms with E-state index < -0.39 is 0 Å². The summed E-state index contributed by atoms with van der Waals surface area (Å²) in [6, 6.07) is 7.51. The summed E-state index contributed by atoms with van der Waals surface area (Å²) in [4.78, 5) is 4.21. The third kappa shape index (κ3) is 5.79. The van der Waals surface area contributed by atoms with Gasteiger partial charge in [0.15, 0.2) is 17.5 Å². The molecule has 1 unspecified atom stereocenters. The van der Waals surface area contributed by atoms with Crippen LogP contribution in [-0.4, -0.2) is 46.0 Å². The molecular formula is C14H23N3O3. The van der Waals surface area contributed by atoms with Crippen LogP contribution >= 0.6 is 0 Å². The van der Waals surface area contributed by atoms with Crippen LogP contribution in [0.5, 0.6) is 11.5 Å². The van der Waals surface area contributed by atoms with E-state index in [1.165, 1.54) is 0 Å². The Balaban J connectivity index is 2.43. The third-order valence-electron chi connectivity index (χ3n) is 2.53. The molecule has 1 aromatic carbocycles. The van der Waals surface area contributed by atoms with Gasteiger partial charge in [-0.2, -0.15) is 0 Å². The van der Waals surface area contributed by atoms with Gasteiger partial charge in [-0.25, -0.2) is 4.99 Å². The van der Waals surface area contributed by atoms with Gasteiger partial charge >= 0.3 is 0 Å². The first-order valence-electron chi connectivity index (χ1n) is 6.49. The van der Waals surface area contributed by atoms with E-state index in [2.05, 4.69) is 10.3 Å². The molecule has 6 heteroatoms. The number of methoxy groups -OCH3 is 2. The summed E-state index contributed by atoms with van der Waals surface area (Å²) >= 11 is 0. The summed E-state index contributed by atoms with van der Waals surface area (Å²) in [5.41, 5.74) is 5.72. The normalized spacial score (nSPS) is 12.8. The lowest BCUT2D eigenvalue weighted by molar-refractivity contribution is 0.203. The summed E-state index contributed by atoms with van der Waals surface area (Å²) in [5.74, 6) is 1.79. The Kier molecular flexibility index (Phi) is 7.27. The molecule has 0 spiro atoms. The van der Waals surface area contributed by atoms with E-state index in [0.717, 1.165) is 0 Å². The van der Waals surface area contributed by atoms with E-state index in [0.29, 0.717) is 37.2 Å². The fourth-order valence-electron chi connectivity index (χ4n) is 1.53. The summed E-state index contributed by atoms with van der Waals surface area (Å²) < 4.78 is 15.9. The highest BCUT2D eigenvalue weighted by molar-refractivity contribution is 5.77. The van der Waals surface area contributed by atoms with Gasteiger partial charge in [0.25, 0.3) is 0 Å². The number of aliphatic imine (C=N–C) groups is 1. The molecular weight excluding hydrogens is 258 g/mol. The SMILES string of the molecule is COCCNC(N)=NCC(C)Oc1ccccc1OC. The molecule has 0 saturated heterocycles. The van der Waals surface area contributed by atoms with Crippen molar-refractivity contribution in [2.45, 2.75) is 13.0 Å². The van der Waals surface area contributed by atoms with Crippen LogP contribution in [0, 0.1) is 0 Å². The molecule has 0 aromatic heterocycles. The van der Waals surface area contributed by atoms with Crippen molar-refractivity contribution in [1.29, 1.82) is 0 Å². The van der Waals surface area contributed by atoms with E-state index in [1.807, 2.05) is 31.2 Å². The zero-order valence-corrected chi connectivity index (χ0v) is 12.3. The number of ether oxygens (including phenoxy) is 3. The lowest BCUT2D eigenvalue weighted by atomic mass is 10.3. The number of hydrogen-bond donors (Lipinski definition) is 2. The fourth-order valence-corrected chi connectivity index (χ4v) is 1.53. The Bertz CT molecular complexity index is 424. The van der Waals surface area contributed by atoms with Gasteiger partial charge in [0.2, 0.25) is 0 Å². The summed E-state index contributed by atoms with van der Waals surface area (Å²) in [5, 5.41) is 2.95. The fraction of sp³-hybridized carbons (Fsp3) is 0.500. The molecule has 0 radical (unpaired) electrons. The van der Waals surface area contributed by atoms with E-state index in [9.17, 15) is 0 Å². The van der Waals surface area contributed by atoms with Gasteiger partial charge in [0, 0.05) is 13.7 Å². The van der Waals surface area contributed by atoms with Gasteiger partial charge in [-0.15, -0.1) is 0 Å². The topological polar surface area (TPSA) is 78.1 Å². The number of hydrogen-bond acceptors (Lipinski definition) is 4. The molecule has 0 fully saturated rings. The number of nitrogens with one attached hydrogen (secondary N) is 1. The van der Waals surface area contributed by atoms with Crippen LogP contribution < -0.4 is 20.5 Å². The van der Waals surface area contributed by atoms with Crippen LogP contribution in [0.1, 0.15) is 6.92 Å². The summed E-state index contributed by atoms with van der Waals surface area (Å²) in [6.07, 6.45) is -0.103. The number of rotatable bonds is 8. The second-order valence-electron chi connectivity index (χ2n) is 4.22. The Morgan fingerprint density at radius 1 is 1.30 bits per heavy atom. The Labute approximate surface area is 119 Å². The predicted molar refractivity (Wildman–Crippen MR) is 79.5 cm³/mol. The van der Waals surface area contributed by atoms with Crippen LogP contribution in [0.4, 0.5) is 0 Å². The van der Waals surface area contributed by atoms with Crippen molar-refractivity contribution in [3.05, 3.63) is 24.3 Å². The first-order valence-corrected chi connectivity index (χ1v) is 6.49. The maximum Gasteiger partial charge on any atom is 0.188 e. The van der Waals surface area contributed by atoms with E-state index in [4.69, 9.17) is 19.9 Å². The zero-order valence-electron chi connectivity index (χ0n) is 12.3. The van der Waals surface area contributed by atoms with Crippen molar-refractivity contribution in [2.24, 2.45) is 10.7 Å². The predicted octanol–water partition coefficient (Wildman–Crippen LogP) is 1.01. The minimum Gasteiger partial charge on any atom is -0.493 e. The third-order valence-corrected chi connectivity index (χ3v) is 2.53. The number of benzene rings is 1. The average molecular weight is 281 g/mol. The molecule has 0 saturated carbocycles. The molecule has 0 aliphatic heterocycles. The molecule has 0 aliphatic carbocycles. The summed E-state index contributed by atoms with van der Waals surface area (Å²) in [6.45, 7) is 3.61. The van der Waals surface area contributed by atoms with Crippen molar-refractivity contribution in [2.75, 3.05) is 33.9 Å². The molecule has 1 aromatic rings. The lowest BCUT2D eigenvalue weighted by Gasteiger charge is -2.15. The number of para-hydroxylation sites is 2. The largest absolute Gasteiger partial charge is 0.493 e. The van der Waals surface area contributed by atoms with Crippen LogP contribution in [0.25, 0.3) is 0 Å². The molecule has 1 rings (SSSR count). The Hall–Kier alpha value is -1.95. The van der Waals surface area contributed by atoms with Gasteiger partial charge < -0.3 is 25.3 Å². The number of nitrogens with two attached hydrogens (primary N) is 1. The smallest absolute Gasteiger partial charge is 0.188 e. The molecule has 3 N–H and O–H groups in total. The van der Waals surface area contributed by atoms with Crippen LogP contribution in [0.3, 0.4) is 0 Å². The maximum absolute atomic E-state index is 5.77. The monoisotopic (exact) mass is 281 g/mol. The van der Waals surface area contributed by atoms with E-state index >= 15 is 0 Å². The number of guanidine groups is 1. The van der Waals surface area contributed by atoms with Crippen LogP contribution in [0.15, 0.2) is 29.3 Å². The first kappa shape index (κ1) is 16.1. The van der Waals surface area contributed by atoms with Crippen molar-refractivity contribution in [3.63, 3.8) is 0 Å². The second-order valence-corrected chi connectivity index (χ2v) is 4.22. The highest BCUT2D eigenvalue weighted by Gasteiger charge is 2.07. The highest BCUT2D eigenvalue weighted by Crippen LogP contribution is 2.26. The lowest BCUT2D eigenvalue weighted by Crippen LogP contribution is -2.35. The van der Waals surface area contributed by atoms with Crippen molar-refractivity contribution >= 4 is 5.96 Å². The maximum atomic E-state index is 5.77. The highest BCUT2D eigenvalue weighted by atomic mass is 16.5. The van der Waals surface area contributed by atoms with Gasteiger partial charge in [-0.1, -0.05) is 12.1 Å². The minimum absolute atomic E-state index is 0.103. The van der Waals surface area contributed by atoms with Crippen molar-refractivity contribution in [3.8, 4) is 11.5 Å². The van der Waals surface area contributed by atoms with Crippen molar-refractivity contribution in [1.82, 2.24) is 5.32 Å².